The van der Waals surface area contributed by atoms with E-state index in [-0.39, 0.29) is 30.3 Å². The van der Waals surface area contributed by atoms with Gasteiger partial charge in [-0.25, -0.2) is 14.8 Å². The summed E-state index contributed by atoms with van der Waals surface area (Å²) in [6.45, 7) is 5.90. The number of Topliss-reactive ketones (excluding diaryl/α,β-unsaturated/α-hetero) is 1. The number of ketones is 1. The van der Waals surface area contributed by atoms with Crippen molar-refractivity contribution in [2.45, 2.75) is 122 Å². The average molecular weight is 621 g/mol. The zero-order valence-corrected chi connectivity index (χ0v) is 27.2. The second-order valence-electron chi connectivity index (χ2n) is 13.9. The molecule has 3 heterocycles. The van der Waals surface area contributed by atoms with Gasteiger partial charge in [0.25, 0.3) is 0 Å². The SMILES string of the molecule is CC[C@@H]1[C@@H]2CN(C(=O)[C@H](C3(C)CCCCC3)NC(=O)O[C@@H]3C[C@H]3CCCCCc3nc4ccc(OC)cc4nc3O2)[C@@H]1C(C)=O. The zero-order chi connectivity index (χ0) is 31.7. The first-order valence-corrected chi connectivity index (χ1v) is 17.0. The lowest BCUT2D eigenvalue weighted by Gasteiger charge is -2.42. The van der Waals surface area contributed by atoms with E-state index >= 15 is 0 Å². The van der Waals surface area contributed by atoms with Gasteiger partial charge < -0.3 is 24.4 Å². The van der Waals surface area contributed by atoms with Gasteiger partial charge in [-0.3, -0.25) is 9.59 Å². The van der Waals surface area contributed by atoms with E-state index in [2.05, 4.69) is 12.2 Å². The molecule has 1 aromatic carbocycles. The highest BCUT2D eigenvalue weighted by Gasteiger charge is 2.52. The fourth-order valence-electron chi connectivity index (χ4n) is 8.00. The molecule has 10 nitrogen and oxygen atoms in total. The molecule has 4 aliphatic rings. The van der Waals surface area contributed by atoms with Crippen molar-refractivity contribution in [3.8, 4) is 11.6 Å². The maximum Gasteiger partial charge on any atom is 0.408 e. The summed E-state index contributed by atoms with van der Waals surface area (Å²) < 4.78 is 18.0. The number of nitrogens with one attached hydrogen (secondary N) is 1. The first-order valence-electron chi connectivity index (χ1n) is 17.0. The van der Waals surface area contributed by atoms with E-state index in [4.69, 9.17) is 24.2 Å². The number of methoxy groups -OCH3 is 1. The summed E-state index contributed by atoms with van der Waals surface area (Å²) >= 11 is 0. The minimum absolute atomic E-state index is 0.0855. The predicted molar refractivity (Wildman–Crippen MR) is 169 cm³/mol. The van der Waals surface area contributed by atoms with Crippen molar-refractivity contribution in [2.75, 3.05) is 13.7 Å². The molecule has 1 saturated heterocycles. The number of amides is 2. The molecule has 2 aliphatic carbocycles. The van der Waals surface area contributed by atoms with Crippen LogP contribution < -0.4 is 14.8 Å². The van der Waals surface area contributed by atoms with E-state index in [9.17, 15) is 14.4 Å². The summed E-state index contributed by atoms with van der Waals surface area (Å²) in [7, 11) is 1.62. The molecule has 0 unspecified atom stereocenters. The van der Waals surface area contributed by atoms with E-state index in [1.807, 2.05) is 25.1 Å². The molecule has 2 aromatic rings. The Morgan fingerprint density at radius 3 is 2.56 bits per heavy atom. The van der Waals surface area contributed by atoms with Crippen LogP contribution in [-0.4, -0.2) is 70.6 Å². The maximum atomic E-state index is 14.6. The van der Waals surface area contributed by atoms with Crippen molar-refractivity contribution in [2.24, 2.45) is 17.3 Å². The van der Waals surface area contributed by atoms with Gasteiger partial charge in [0.1, 0.15) is 29.7 Å². The van der Waals surface area contributed by atoms with Crippen LogP contribution in [0.3, 0.4) is 0 Å². The molecule has 2 aliphatic heterocycles. The van der Waals surface area contributed by atoms with E-state index in [0.29, 0.717) is 35.9 Å². The normalized spacial score (nSPS) is 30.5. The van der Waals surface area contributed by atoms with Crippen LogP contribution in [0.4, 0.5) is 4.79 Å². The van der Waals surface area contributed by atoms with Crippen molar-refractivity contribution in [1.82, 2.24) is 20.2 Å². The van der Waals surface area contributed by atoms with Crippen molar-refractivity contribution >= 4 is 28.8 Å². The number of benzene rings is 1. The van der Waals surface area contributed by atoms with Gasteiger partial charge in [0.15, 0.2) is 5.78 Å². The Morgan fingerprint density at radius 1 is 1.04 bits per heavy atom. The van der Waals surface area contributed by atoms with Gasteiger partial charge in [0, 0.05) is 12.0 Å². The van der Waals surface area contributed by atoms with Crippen LogP contribution in [0.25, 0.3) is 11.0 Å². The van der Waals surface area contributed by atoms with Crippen LogP contribution in [0.15, 0.2) is 18.2 Å². The molecule has 0 spiro atoms. The Bertz CT molecular complexity index is 1420. The van der Waals surface area contributed by atoms with E-state index in [1.54, 1.807) is 18.9 Å². The van der Waals surface area contributed by atoms with Crippen LogP contribution in [0, 0.1) is 17.3 Å². The Hall–Kier alpha value is -3.43. The first-order chi connectivity index (χ1) is 21.7. The van der Waals surface area contributed by atoms with Gasteiger partial charge in [0.05, 0.1) is 30.7 Å². The third-order valence-electron chi connectivity index (χ3n) is 10.7. The number of carbonyl (C=O) groups is 3. The number of carbonyl (C=O) groups excluding carboxylic acids is 3. The molecule has 1 aromatic heterocycles. The standard InChI is InChI=1S/C35H48N4O6/c1-5-24-29-20-39(30(24)21(2)40)33(41)31(35(3)16-10-7-11-17-35)38-34(42)45-28-18-22(28)12-8-6-9-13-26-32(44-29)37-27-19-23(43-4)14-15-25(27)36-26/h14-15,19,22,24,28-31H,5-13,16-18,20H2,1-4H3,(H,38,42)/t22-,24-,28-,29+,30-,31-/m1/s1. The number of alkyl carbamates (subject to hydrolysis) is 1. The number of ether oxygens (including phenoxy) is 3. The topological polar surface area (TPSA) is 120 Å². The molecule has 0 radical (unpaired) electrons. The van der Waals surface area contributed by atoms with Gasteiger partial charge in [-0.15, -0.1) is 0 Å². The summed E-state index contributed by atoms with van der Waals surface area (Å²) in [5.74, 6) is 0.945. The number of hydrogen-bond acceptors (Lipinski definition) is 8. The van der Waals surface area contributed by atoms with E-state index in [0.717, 1.165) is 75.4 Å². The van der Waals surface area contributed by atoms with Crippen LogP contribution in [0.1, 0.15) is 97.1 Å². The second-order valence-corrected chi connectivity index (χ2v) is 13.9. The number of fused-ring (bicyclic) bond motifs is 5. The molecular formula is C35H48N4O6. The van der Waals surface area contributed by atoms with Crippen LogP contribution in [0.2, 0.25) is 0 Å². The molecule has 6 rings (SSSR count). The summed E-state index contributed by atoms with van der Waals surface area (Å²) in [6, 6.07) is 4.20. The quantitative estimate of drug-likeness (QED) is 0.457. The molecule has 1 N–H and O–H groups in total. The fraction of sp³-hybridized carbons (Fsp3) is 0.686. The Labute approximate surface area is 266 Å². The molecule has 244 valence electrons. The predicted octanol–water partition coefficient (Wildman–Crippen LogP) is 5.78. The lowest BCUT2D eigenvalue weighted by Crippen LogP contribution is -2.59. The smallest absolute Gasteiger partial charge is 0.408 e. The molecule has 6 atom stereocenters. The Balaban J connectivity index is 1.38. The van der Waals surface area contributed by atoms with Gasteiger partial charge in [-0.2, -0.15) is 0 Å². The summed E-state index contributed by atoms with van der Waals surface area (Å²) in [6.07, 6.45) is 9.85. The molecule has 2 amide bonds. The number of hydrogen-bond donors (Lipinski definition) is 1. The van der Waals surface area contributed by atoms with Crippen LogP contribution in [0.5, 0.6) is 11.6 Å². The lowest BCUT2D eigenvalue weighted by atomic mass is 9.70. The second kappa shape index (κ2) is 13.1. The highest BCUT2D eigenvalue weighted by molar-refractivity contribution is 5.92. The molecule has 3 fully saturated rings. The molecule has 2 saturated carbocycles. The van der Waals surface area contributed by atoms with E-state index in [1.165, 1.54) is 0 Å². The van der Waals surface area contributed by atoms with Crippen molar-refractivity contribution < 1.29 is 28.6 Å². The molecule has 45 heavy (non-hydrogen) atoms. The average Bonchev–Trinajstić information content (AvgIpc) is 3.65. The summed E-state index contributed by atoms with van der Waals surface area (Å²) in [4.78, 5) is 52.7. The summed E-state index contributed by atoms with van der Waals surface area (Å²) in [5, 5.41) is 3.02. The van der Waals surface area contributed by atoms with Crippen molar-refractivity contribution in [1.29, 1.82) is 0 Å². The third-order valence-corrected chi connectivity index (χ3v) is 10.7. The van der Waals surface area contributed by atoms with E-state index < -0.39 is 29.7 Å². The summed E-state index contributed by atoms with van der Waals surface area (Å²) in [5.41, 5.74) is 1.80. The molecular weight excluding hydrogens is 572 g/mol. The molecule has 2 bridgehead atoms. The van der Waals surface area contributed by atoms with Crippen LogP contribution in [-0.2, 0) is 20.7 Å². The van der Waals surface area contributed by atoms with Crippen LogP contribution >= 0.6 is 0 Å². The Morgan fingerprint density at radius 2 is 1.82 bits per heavy atom. The van der Waals surface area contributed by atoms with Gasteiger partial charge >= 0.3 is 6.09 Å². The number of nitrogens with zero attached hydrogens (tertiary/aromatic N) is 3. The van der Waals surface area contributed by atoms with Gasteiger partial charge in [-0.1, -0.05) is 46.0 Å². The highest BCUT2D eigenvalue weighted by Crippen LogP contribution is 2.43. The minimum atomic E-state index is -0.789. The minimum Gasteiger partial charge on any atom is -0.497 e. The van der Waals surface area contributed by atoms with Crippen molar-refractivity contribution in [3.63, 3.8) is 0 Å². The Kier molecular flexibility index (Phi) is 9.20. The largest absolute Gasteiger partial charge is 0.497 e. The highest BCUT2D eigenvalue weighted by atomic mass is 16.6. The first kappa shape index (κ1) is 31.5. The van der Waals surface area contributed by atoms with Gasteiger partial charge in [0.2, 0.25) is 11.8 Å². The molecule has 10 heteroatoms. The van der Waals surface area contributed by atoms with Gasteiger partial charge in [-0.05, 0) is 75.3 Å². The van der Waals surface area contributed by atoms with Crippen molar-refractivity contribution in [3.05, 3.63) is 23.9 Å². The zero-order valence-electron chi connectivity index (χ0n) is 27.2. The number of rotatable bonds is 4. The number of aromatic nitrogens is 2. The number of aryl methyl sites for hydroxylation is 1. The monoisotopic (exact) mass is 620 g/mol. The lowest BCUT2D eigenvalue weighted by molar-refractivity contribution is -0.142. The third kappa shape index (κ3) is 6.61. The maximum absolute atomic E-state index is 14.6. The fourth-order valence-corrected chi connectivity index (χ4v) is 8.00.